The molecule has 0 radical (unpaired) electrons. The molecule has 0 fully saturated rings. The summed E-state index contributed by atoms with van der Waals surface area (Å²) in [4.78, 5) is 29.6. The highest BCUT2D eigenvalue weighted by Crippen LogP contribution is 2.38. The molecule has 3 rings (SSSR count). The van der Waals surface area contributed by atoms with Crippen LogP contribution in [0.5, 0.6) is 0 Å². The van der Waals surface area contributed by atoms with Crippen LogP contribution in [0.4, 0.5) is 23.7 Å². The van der Waals surface area contributed by atoms with Gasteiger partial charge in [-0.25, -0.2) is 9.72 Å². The highest BCUT2D eigenvalue weighted by molar-refractivity contribution is 8.14. The van der Waals surface area contributed by atoms with E-state index >= 15 is 0 Å². The Kier molecular flexibility index (Phi) is 6.68. The van der Waals surface area contributed by atoms with Crippen molar-refractivity contribution in [2.45, 2.75) is 19.0 Å². The van der Waals surface area contributed by atoms with Crippen molar-refractivity contribution >= 4 is 51.8 Å². The molecule has 30 heavy (non-hydrogen) atoms. The van der Waals surface area contributed by atoms with Gasteiger partial charge in [0.2, 0.25) is 0 Å². The van der Waals surface area contributed by atoms with E-state index < -0.39 is 34.0 Å². The molecule has 0 saturated carbocycles. The van der Waals surface area contributed by atoms with E-state index in [1.54, 1.807) is 6.07 Å². The topological polar surface area (TPSA) is 74.9 Å². The zero-order valence-electron chi connectivity index (χ0n) is 15.1. The summed E-state index contributed by atoms with van der Waals surface area (Å²) in [6.45, 7) is 0.388. The fourth-order valence-corrected chi connectivity index (χ4v) is 4.28. The first kappa shape index (κ1) is 22.5. The van der Waals surface area contributed by atoms with Crippen LogP contribution in [0.1, 0.15) is 17.5 Å². The van der Waals surface area contributed by atoms with Gasteiger partial charge in [-0.3, -0.25) is 9.59 Å². The number of fused-ring (bicyclic) bond motifs is 1. The van der Waals surface area contributed by atoms with Crippen LogP contribution >= 0.6 is 35.0 Å². The minimum absolute atomic E-state index is 0.217. The molecule has 0 unspecified atom stereocenters. The van der Waals surface area contributed by atoms with Gasteiger partial charge < -0.3 is 10.1 Å². The summed E-state index contributed by atoms with van der Waals surface area (Å²) in [7, 11) is 0. The summed E-state index contributed by atoms with van der Waals surface area (Å²) in [6, 6.07) is 4.09. The van der Waals surface area contributed by atoms with Gasteiger partial charge in [0.25, 0.3) is 11.1 Å². The van der Waals surface area contributed by atoms with Crippen LogP contribution in [0, 0.1) is 0 Å². The van der Waals surface area contributed by atoms with E-state index in [1.165, 1.54) is 11.0 Å². The van der Waals surface area contributed by atoms with Gasteiger partial charge in [-0.1, -0.05) is 35.0 Å². The highest BCUT2D eigenvalue weighted by atomic mass is 35.5. The molecule has 12 heteroatoms. The Morgan fingerprint density at radius 2 is 2.00 bits per heavy atom. The fraction of sp³-hybridized carbons (Fsp3) is 0.278. The smallest absolute Gasteiger partial charge is 0.420 e. The van der Waals surface area contributed by atoms with Crippen LogP contribution in [0.25, 0.3) is 0 Å². The number of benzene rings is 1. The molecule has 160 valence electrons. The number of thioether (sulfide) groups is 1. The quantitative estimate of drug-likeness (QED) is 0.628. The first-order chi connectivity index (χ1) is 14.1. The first-order valence-corrected chi connectivity index (χ1v) is 10.3. The van der Waals surface area contributed by atoms with Crippen LogP contribution < -0.4 is 10.3 Å². The average Bonchev–Trinajstić information content (AvgIpc) is 2.66. The third kappa shape index (κ3) is 5.11. The molecule has 2 aromatic rings. The van der Waals surface area contributed by atoms with Crippen LogP contribution in [0.3, 0.4) is 0 Å². The number of halogens is 5. The van der Waals surface area contributed by atoms with Gasteiger partial charge >= 0.3 is 6.18 Å². The SMILES string of the molecule is O=C(CSC(=O)N1CCCc2cc(Cl)cc(Cl)c21)N=c1ccn(O)cc1C(F)(F)F. The number of anilines is 1. The lowest BCUT2D eigenvalue weighted by atomic mass is 10.0. The minimum atomic E-state index is -4.82. The van der Waals surface area contributed by atoms with E-state index in [9.17, 15) is 28.0 Å². The van der Waals surface area contributed by atoms with Gasteiger partial charge in [0, 0.05) is 17.8 Å². The Morgan fingerprint density at radius 3 is 2.70 bits per heavy atom. The van der Waals surface area contributed by atoms with Crippen molar-refractivity contribution in [1.29, 1.82) is 0 Å². The number of hydrogen-bond donors (Lipinski definition) is 1. The summed E-state index contributed by atoms with van der Waals surface area (Å²) < 4.78 is 39.4. The van der Waals surface area contributed by atoms with Gasteiger partial charge in [0.15, 0.2) is 0 Å². The number of rotatable bonds is 2. The lowest BCUT2D eigenvalue weighted by molar-refractivity contribution is -0.139. The van der Waals surface area contributed by atoms with Gasteiger partial charge in [-0.15, -0.1) is 0 Å². The molecule has 1 aromatic carbocycles. The number of aryl methyl sites for hydroxylation is 1. The lowest BCUT2D eigenvalue weighted by Gasteiger charge is -2.30. The Bertz CT molecular complexity index is 1070. The van der Waals surface area contributed by atoms with Crippen LogP contribution in [0.15, 0.2) is 35.6 Å². The van der Waals surface area contributed by atoms with E-state index in [1.807, 2.05) is 0 Å². The van der Waals surface area contributed by atoms with Gasteiger partial charge in [0.05, 0.1) is 28.0 Å². The maximum Gasteiger partial charge on any atom is 0.420 e. The summed E-state index contributed by atoms with van der Waals surface area (Å²) in [5.41, 5.74) is 0.0510. The Morgan fingerprint density at radius 1 is 1.27 bits per heavy atom. The highest BCUT2D eigenvalue weighted by Gasteiger charge is 2.33. The van der Waals surface area contributed by atoms with Crippen LogP contribution in [-0.4, -0.2) is 33.4 Å². The van der Waals surface area contributed by atoms with Crippen molar-refractivity contribution in [2.24, 2.45) is 4.99 Å². The van der Waals surface area contributed by atoms with Gasteiger partial charge in [-0.2, -0.15) is 13.2 Å². The van der Waals surface area contributed by atoms with E-state index in [2.05, 4.69) is 4.99 Å². The molecule has 1 aromatic heterocycles. The fourth-order valence-electron chi connectivity index (χ4n) is 3.00. The van der Waals surface area contributed by atoms with Crippen molar-refractivity contribution < 1.29 is 28.0 Å². The van der Waals surface area contributed by atoms with Crippen LogP contribution in [-0.2, 0) is 17.4 Å². The normalized spacial score (nSPS) is 14.6. The van der Waals surface area contributed by atoms with Crippen molar-refractivity contribution in [3.8, 4) is 0 Å². The number of carbonyl (C=O) groups is 2. The zero-order chi connectivity index (χ0) is 22.1. The molecular weight excluding hydrogens is 466 g/mol. The monoisotopic (exact) mass is 479 g/mol. The Hall–Kier alpha value is -2.17. The largest absolute Gasteiger partial charge is 0.429 e. The van der Waals surface area contributed by atoms with Crippen molar-refractivity contribution in [3.63, 3.8) is 0 Å². The number of amides is 2. The molecule has 2 heterocycles. The third-order valence-corrected chi connectivity index (χ3v) is 5.58. The number of alkyl halides is 3. The Balaban J connectivity index is 1.76. The molecule has 1 aliphatic rings. The van der Waals surface area contributed by atoms with Gasteiger partial charge in [0.1, 0.15) is 5.56 Å². The second-order valence-corrected chi connectivity index (χ2v) is 8.10. The molecule has 1 aliphatic heterocycles. The number of carbonyl (C=O) groups excluding carboxylic acids is 2. The Labute approximate surface area is 182 Å². The molecule has 1 N–H and O–H groups in total. The van der Waals surface area contributed by atoms with E-state index in [0.29, 0.717) is 53.1 Å². The summed E-state index contributed by atoms with van der Waals surface area (Å²) >= 11 is 12.8. The number of nitrogens with zero attached hydrogens (tertiary/aromatic N) is 3. The maximum absolute atomic E-state index is 13.1. The van der Waals surface area contributed by atoms with Gasteiger partial charge in [-0.05, 0) is 36.6 Å². The molecule has 0 saturated heterocycles. The number of pyridine rings is 1. The van der Waals surface area contributed by atoms with Crippen molar-refractivity contribution in [1.82, 2.24) is 4.73 Å². The third-order valence-electron chi connectivity index (χ3n) is 4.22. The van der Waals surface area contributed by atoms with Crippen molar-refractivity contribution in [2.75, 3.05) is 17.2 Å². The molecule has 0 spiro atoms. The lowest BCUT2D eigenvalue weighted by Crippen LogP contribution is -2.33. The molecular formula is C18H14Cl2F3N3O3S. The summed E-state index contributed by atoms with van der Waals surface area (Å²) in [6.07, 6.45) is -2.13. The zero-order valence-corrected chi connectivity index (χ0v) is 17.4. The predicted octanol–water partition coefficient (Wildman–Crippen LogP) is 4.78. The van der Waals surface area contributed by atoms with Crippen LogP contribution in [0.2, 0.25) is 10.0 Å². The number of aromatic nitrogens is 1. The minimum Gasteiger partial charge on any atom is -0.429 e. The molecule has 0 bridgehead atoms. The molecule has 0 aliphatic carbocycles. The molecule has 6 nitrogen and oxygen atoms in total. The van der Waals surface area contributed by atoms with E-state index in [-0.39, 0.29) is 4.73 Å². The number of hydrogen-bond acceptors (Lipinski definition) is 4. The first-order valence-electron chi connectivity index (χ1n) is 8.55. The van der Waals surface area contributed by atoms with E-state index in [0.717, 1.165) is 17.8 Å². The summed E-state index contributed by atoms with van der Waals surface area (Å²) in [5.74, 6) is -1.38. The van der Waals surface area contributed by atoms with Crippen molar-refractivity contribution in [3.05, 3.63) is 57.1 Å². The summed E-state index contributed by atoms with van der Waals surface area (Å²) in [5, 5.41) is 8.82. The molecule has 2 amide bonds. The molecule has 0 atom stereocenters. The van der Waals surface area contributed by atoms with E-state index in [4.69, 9.17) is 23.2 Å². The standard InChI is InChI=1S/C18H14Cl2F3N3O3S/c19-11-6-10-2-1-4-26(16(10)13(20)7-11)17(28)30-9-15(27)24-14-3-5-25(29)8-12(14)18(21,22)23/h3,5-8,29H,1-2,4,9H2. The average molecular weight is 480 g/mol. The maximum atomic E-state index is 13.1. The predicted molar refractivity (Wildman–Crippen MR) is 107 cm³/mol. The second kappa shape index (κ2) is 8.91. The second-order valence-electron chi connectivity index (χ2n) is 6.33.